The highest BCUT2D eigenvalue weighted by molar-refractivity contribution is 5.73. The normalized spacial score (nSPS) is 10.9. The number of rotatable bonds is 7. The SMILES string of the molecule is C=Cc1cc[n+](CCCC([NH3+])C(=O)OC)nc1C=C.COC. The third-order valence-electron chi connectivity index (χ3n) is 2.85. The number of methoxy groups -OCH3 is 2. The number of carbonyl (C=O) groups excluding carboxylic acids is 1. The van der Waals surface area contributed by atoms with Gasteiger partial charge in [-0.25, -0.2) is 4.79 Å². The molecule has 6 heteroatoms. The van der Waals surface area contributed by atoms with Gasteiger partial charge in [0.05, 0.1) is 7.11 Å². The zero-order valence-electron chi connectivity index (χ0n) is 13.7. The van der Waals surface area contributed by atoms with E-state index in [2.05, 4.69) is 33.5 Å². The Morgan fingerprint density at radius 3 is 2.55 bits per heavy atom. The summed E-state index contributed by atoms with van der Waals surface area (Å²) in [5.41, 5.74) is 5.52. The van der Waals surface area contributed by atoms with Gasteiger partial charge in [0.25, 0.3) is 0 Å². The fourth-order valence-electron chi connectivity index (χ4n) is 1.72. The molecule has 22 heavy (non-hydrogen) atoms. The Bertz CT molecular complexity index is 490. The molecule has 0 saturated carbocycles. The second-order valence-electron chi connectivity index (χ2n) is 4.60. The van der Waals surface area contributed by atoms with Crippen molar-refractivity contribution in [3.05, 3.63) is 36.7 Å². The van der Waals surface area contributed by atoms with Crippen LogP contribution in [0.3, 0.4) is 0 Å². The average molecular weight is 309 g/mol. The van der Waals surface area contributed by atoms with Gasteiger partial charge in [0.2, 0.25) is 0 Å². The molecule has 122 valence electrons. The summed E-state index contributed by atoms with van der Waals surface area (Å²) in [4.78, 5) is 11.2. The molecular weight excluding hydrogens is 282 g/mol. The predicted octanol–water partition coefficient (Wildman–Crippen LogP) is 0.481. The minimum atomic E-state index is -0.322. The van der Waals surface area contributed by atoms with E-state index < -0.39 is 0 Å². The second kappa shape index (κ2) is 11.6. The van der Waals surface area contributed by atoms with Crippen molar-refractivity contribution in [3.63, 3.8) is 0 Å². The van der Waals surface area contributed by atoms with E-state index in [9.17, 15) is 4.79 Å². The van der Waals surface area contributed by atoms with E-state index in [0.29, 0.717) is 6.42 Å². The minimum Gasteiger partial charge on any atom is -0.465 e. The molecule has 1 rings (SSSR count). The third kappa shape index (κ3) is 7.10. The largest absolute Gasteiger partial charge is 0.465 e. The van der Waals surface area contributed by atoms with Gasteiger partial charge in [-0.15, -0.1) is 0 Å². The van der Waals surface area contributed by atoms with E-state index in [1.807, 2.05) is 16.9 Å². The lowest BCUT2D eigenvalue weighted by molar-refractivity contribution is -0.754. The number of carbonyl (C=O) groups is 1. The summed E-state index contributed by atoms with van der Waals surface area (Å²) >= 11 is 0. The molecule has 0 aliphatic rings. The van der Waals surface area contributed by atoms with Crippen molar-refractivity contribution in [2.45, 2.75) is 25.4 Å². The summed E-state index contributed by atoms with van der Waals surface area (Å²) in [7, 11) is 4.63. The maximum atomic E-state index is 11.2. The molecule has 0 radical (unpaired) electrons. The molecule has 1 unspecified atom stereocenters. The predicted molar refractivity (Wildman–Crippen MR) is 85.5 cm³/mol. The number of nitrogens with zero attached hydrogens (tertiary/aromatic N) is 2. The van der Waals surface area contributed by atoms with E-state index in [1.54, 1.807) is 26.4 Å². The van der Waals surface area contributed by atoms with Crippen molar-refractivity contribution in [1.82, 2.24) is 5.10 Å². The minimum absolute atomic E-state index is 0.272. The summed E-state index contributed by atoms with van der Waals surface area (Å²) in [5.74, 6) is -0.272. The van der Waals surface area contributed by atoms with Gasteiger partial charge in [0.15, 0.2) is 18.8 Å². The van der Waals surface area contributed by atoms with Crippen LogP contribution in [0.1, 0.15) is 24.1 Å². The summed E-state index contributed by atoms with van der Waals surface area (Å²) in [6, 6.07) is 1.62. The summed E-state index contributed by atoms with van der Waals surface area (Å²) < 4.78 is 10.7. The Kier molecular flexibility index (Phi) is 10.5. The summed E-state index contributed by atoms with van der Waals surface area (Å²) in [5, 5.41) is 4.41. The van der Waals surface area contributed by atoms with E-state index >= 15 is 0 Å². The number of quaternary nitrogens is 1. The van der Waals surface area contributed by atoms with Crippen LogP contribution in [-0.4, -0.2) is 38.4 Å². The fourth-order valence-corrected chi connectivity index (χ4v) is 1.72. The molecule has 1 heterocycles. The Morgan fingerprint density at radius 1 is 1.41 bits per heavy atom. The zero-order valence-corrected chi connectivity index (χ0v) is 13.7. The first kappa shape index (κ1) is 19.9. The molecule has 1 atom stereocenters. The number of hydrogen-bond donors (Lipinski definition) is 1. The molecule has 0 spiro atoms. The standard InChI is InChI=1S/C14H20N3O2.C2H6O/c1-4-11-8-10-17(16-13(11)5-2)9-6-7-12(15)14(18)19-3;1-3-2/h4-5,8,10,12H,1-2,6-7,9,15H2,3H3;1-2H3/q+1;/p+1. The number of aryl methyl sites for hydroxylation is 1. The highest BCUT2D eigenvalue weighted by Gasteiger charge is 2.18. The van der Waals surface area contributed by atoms with Crippen molar-refractivity contribution < 1.29 is 24.7 Å². The fraction of sp³-hybridized carbons (Fsp3) is 0.438. The van der Waals surface area contributed by atoms with E-state index in [0.717, 1.165) is 24.2 Å². The van der Waals surface area contributed by atoms with Crippen LogP contribution < -0.4 is 10.4 Å². The molecule has 0 fully saturated rings. The lowest BCUT2D eigenvalue weighted by Gasteiger charge is -2.04. The van der Waals surface area contributed by atoms with Crippen LogP contribution in [0.5, 0.6) is 0 Å². The number of aromatic nitrogens is 2. The third-order valence-corrected chi connectivity index (χ3v) is 2.85. The van der Waals surface area contributed by atoms with Gasteiger partial charge >= 0.3 is 5.97 Å². The quantitative estimate of drug-likeness (QED) is 0.587. The highest BCUT2D eigenvalue weighted by Crippen LogP contribution is 2.05. The van der Waals surface area contributed by atoms with Crippen molar-refractivity contribution in [3.8, 4) is 0 Å². The van der Waals surface area contributed by atoms with E-state index in [1.165, 1.54) is 7.11 Å². The van der Waals surface area contributed by atoms with Crippen molar-refractivity contribution in [2.75, 3.05) is 21.3 Å². The first-order valence-corrected chi connectivity index (χ1v) is 7.00. The lowest BCUT2D eigenvalue weighted by atomic mass is 10.1. The molecule has 0 aromatic carbocycles. The average Bonchev–Trinajstić information content (AvgIpc) is 2.54. The first-order valence-electron chi connectivity index (χ1n) is 7.00. The van der Waals surface area contributed by atoms with Gasteiger partial charge in [0, 0.05) is 43.8 Å². The highest BCUT2D eigenvalue weighted by atomic mass is 16.5. The van der Waals surface area contributed by atoms with E-state index in [4.69, 9.17) is 0 Å². The number of ether oxygens (including phenoxy) is 2. The van der Waals surface area contributed by atoms with Crippen LogP contribution >= 0.6 is 0 Å². The van der Waals surface area contributed by atoms with Crippen LogP contribution in [0, 0.1) is 0 Å². The molecule has 0 amide bonds. The van der Waals surface area contributed by atoms with Gasteiger partial charge in [-0.2, -0.15) is 0 Å². The summed E-state index contributed by atoms with van der Waals surface area (Å²) in [6.07, 6.45) is 6.82. The van der Waals surface area contributed by atoms with Gasteiger partial charge in [-0.05, 0) is 6.08 Å². The molecular formula is C16H27N3O3+2. The van der Waals surface area contributed by atoms with Crippen molar-refractivity contribution in [2.24, 2.45) is 0 Å². The second-order valence-corrected chi connectivity index (χ2v) is 4.60. The van der Waals surface area contributed by atoms with Crippen LogP contribution in [0.4, 0.5) is 0 Å². The van der Waals surface area contributed by atoms with Crippen LogP contribution in [0.15, 0.2) is 25.4 Å². The van der Waals surface area contributed by atoms with Crippen LogP contribution in [0.25, 0.3) is 12.2 Å². The number of esters is 1. The monoisotopic (exact) mass is 309 g/mol. The lowest BCUT2D eigenvalue weighted by Crippen LogP contribution is -2.65. The molecule has 0 aliphatic carbocycles. The Labute approximate surface area is 132 Å². The Balaban J connectivity index is 0.00000135. The molecule has 0 saturated heterocycles. The molecule has 3 N–H and O–H groups in total. The van der Waals surface area contributed by atoms with Crippen molar-refractivity contribution in [1.29, 1.82) is 0 Å². The number of hydrogen-bond acceptors (Lipinski definition) is 4. The van der Waals surface area contributed by atoms with Gasteiger partial charge in [-0.3, -0.25) is 0 Å². The summed E-state index contributed by atoms with van der Waals surface area (Å²) in [6.45, 7) is 8.18. The van der Waals surface area contributed by atoms with Gasteiger partial charge in [-0.1, -0.05) is 23.9 Å². The van der Waals surface area contributed by atoms with Gasteiger partial charge < -0.3 is 15.2 Å². The smallest absolute Gasteiger partial charge is 0.364 e. The maximum Gasteiger partial charge on any atom is 0.364 e. The van der Waals surface area contributed by atoms with Crippen LogP contribution in [0.2, 0.25) is 0 Å². The van der Waals surface area contributed by atoms with Crippen LogP contribution in [-0.2, 0) is 20.8 Å². The Morgan fingerprint density at radius 2 is 2.05 bits per heavy atom. The molecule has 0 aliphatic heterocycles. The molecule has 1 aromatic heterocycles. The van der Waals surface area contributed by atoms with Gasteiger partial charge in [0.1, 0.15) is 5.69 Å². The van der Waals surface area contributed by atoms with Crippen molar-refractivity contribution >= 4 is 18.1 Å². The zero-order chi connectivity index (χ0) is 17.0. The first-order chi connectivity index (χ1) is 10.5. The molecule has 6 nitrogen and oxygen atoms in total. The molecule has 0 bridgehead atoms. The Hall–Kier alpha value is -2.05. The molecule has 1 aromatic rings. The maximum absolute atomic E-state index is 11.2. The topological polar surface area (TPSA) is 79.9 Å². The van der Waals surface area contributed by atoms with E-state index in [-0.39, 0.29) is 12.0 Å².